The molecule has 2 atom stereocenters. The van der Waals surface area contributed by atoms with Gasteiger partial charge in [-0.15, -0.1) is 0 Å². The lowest BCUT2D eigenvalue weighted by atomic mass is 9.58. The number of halogens is 1. The Kier molecular flexibility index (Phi) is 7.41. The van der Waals surface area contributed by atoms with Gasteiger partial charge in [0.05, 0.1) is 4.90 Å². The summed E-state index contributed by atoms with van der Waals surface area (Å²) in [7, 11) is -3.58. The molecule has 2 bridgehead atoms. The van der Waals surface area contributed by atoms with Gasteiger partial charge < -0.3 is 5.11 Å². The third-order valence-electron chi connectivity index (χ3n) is 6.52. The van der Waals surface area contributed by atoms with E-state index in [4.69, 9.17) is 16.7 Å². The third-order valence-corrected chi connectivity index (χ3v) is 8.33. The van der Waals surface area contributed by atoms with Gasteiger partial charge in [-0.25, -0.2) is 13.1 Å². The molecule has 3 saturated carbocycles. The molecule has 29 heavy (non-hydrogen) atoms. The van der Waals surface area contributed by atoms with Crippen LogP contribution < -0.4 is 4.72 Å². The lowest BCUT2D eigenvalue weighted by Gasteiger charge is -2.48. The van der Waals surface area contributed by atoms with Crippen LogP contribution >= 0.6 is 11.6 Å². The predicted molar refractivity (Wildman–Crippen MR) is 114 cm³/mol. The predicted octanol–water partition coefficient (Wildman–Crippen LogP) is 4.79. The maximum atomic E-state index is 12.9. The van der Waals surface area contributed by atoms with Crippen molar-refractivity contribution in [1.29, 1.82) is 0 Å². The van der Waals surface area contributed by atoms with Gasteiger partial charge in [0.25, 0.3) is 0 Å². The maximum Gasteiger partial charge on any atom is 0.303 e. The molecule has 0 radical (unpaired) electrons. The standard InChI is InChI=1S/C22H30ClNO4S/c1-15-13-18(23)11-12-21(15)29(27,28)24-14-20-17-9-7-16(8-10-17)19(20)5-3-2-4-6-22(25)26/h3,5,11-13,16-17,19-20,24H,2,4,6-10,14H2,1H3,(H,25,26)/b5-3+/t16?,17?,19-,20-/m0/s1. The van der Waals surface area contributed by atoms with E-state index in [1.165, 1.54) is 25.7 Å². The molecule has 3 aliphatic rings. The van der Waals surface area contributed by atoms with Crippen molar-refractivity contribution < 1.29 is 18.3 Å². The Morgan fingerprint density at radius 1 is 1.24 bits per heavy atom. The molecule has 5 nitrogen and oxygen atoms in total. The number of allylic oxidation sites excluding steroid dienone is 2. The molecule has 0 heterocycles. The van der Waals surface area contributed by atoms with E-state index < -0.39 is 16.0 Å². The number of unbranched alkanes of at least 4 members (excludes halogenated alkanes) is 1. The van der Waals surface area contributed by atoms with Crippen molar-refractivity contribution in [3.05, 3.63) is 40.9 Å². The highest BCUT2D eigenvalue weighted by Gasteiger charge is 2.42. The SMILES string of the molecule is Cc1cc(Cl)ccc1S(=O)(=O)NC[C@H]1C2CCC(CC2)[C@@H]1/C=C/CCCC(=O)O. The van der Waals surface area contributed by atoms with Crippen molar-refractivity contribution in [3.63, 3.8) is 0 Å². The van der Waals surface area contributed by atoms with Gasteiger partial charge in [-0.1, -0.05) is 23.8 Å². The molecule has 160 valence electrons. The quantitative estimate of drug-likeness (QED) is 0.428. The van der Waals surface area contributed by atoms with Crippen LogP contribution in [0.4, 0.5) is 0 Å². The zero-order chi connectivity index (χ0) is 21.0. The zero-order valence-corrected chi connectivity index (χ0v) is 18.4. The molecular formula is C22H30ClNO4S. The summed E-state index contributed by atoms with van der Waals surface area (Å²) in [6.07, 6.45) is 10.6. The van der Waals surface area contributed by atoms with E-state index in [2.05, 4.69) is 16.9 Å². The number of rotatable bonds is 9. The second-order valence-corrected chi connectivity index (χ2v) is 10.6. The summed E-state index contributed by atoms with van der Waals surface area (Å²) >= 11 is 5.96. The number of carboxylic acid groups (broad SMARTS) is 1. The van der Waals surface area contributed by atoms with Crippen LogP contribution in [0.1, 0.15) is 50.5 Å². The summed E-state index contributed by atoms with van der Waals surface area (Å²) < 4.78 is 28.6. The monoisotopic (exact) mass is 439 g/mol. The van der Waals surface area contributed by atoms with Crippen molar-refractivity contribution >= 4 is 27.6 Å². The average molecular weight is 440 g/mol. The minimum atomic E-state index is -3.58. The number of hydrogen-bond donors (Lipinski definition) is 2. The number of benzene rings is 1. The molecule has 0 saturated heterocycles. The Labute approximate surface area is 178 Å². The Bertz CT molecular complexity index is 860. The highest BCUT2D eigenvalue weighted by molar-refractivity contribution is 7.89. The molecule has 4 rings (SSSR count). The molecule has 0 spiro atoms. The number of aryl methyl sites for hydroxylation is 1. The number of fused-ring (bicyclic) bond motifs is 3. The van der Waals surface area contributed by atoms with E-state index in [1.54, 1.807) is 25.1 Å². The maximum absolute atomic E-state index is 12.9. The molecule has 1 aromatic rings. The first-order valence-corrected chi connectivity index (χ1v) is 12.3. The topological polar surface area (TPSA) is 83.5 Å². The molecule has 7 heteroatoms. The second kappa shape index (κ2) is 9.63. The van der Waals surface area contributed by atoms with E-state index in [-0.39, 0.29) is 11.3 Å². The van der Waals surface area contributed by atoms with E-state index in [9.17, 15) is 13.2 Å². The third kappa shape index (κ3) is 5.62. The summed E-state index contributed by atoms with van der Waals surface area (Å²) in [5.74, 6) is 1.03. The lowest BCUT2D eigenvalue weighted by molar-refractivity contribution is -0.137. The van der Waals surface area contributed by atoms with Crippen LogP contribution in [-0.4, -0.2) is 26.0 Å². The van der Waals surface area contributed by atoms with E-state index in [0.717, 1.165) is 6.42 Å². The largest absolute Gasteiger partial charge is 0.481 e. The van der Waals surface area contributed by atoms with Crippen molar-refractivity contribution in [3.8, 4) is 0 Å². The van der Waals surface area contributed by atoms with Crippen LogP contribution in [0.25, 0.3) is 0 Å². The number of carboxylic acids is 1. The average Bonchev–Trinajstić information content (AvgIpc) is 2.67. The van der Waals surface area contributed by atoms with Gasteiger partial charge in [-0.2, -0.15) is 0 Å². The van der Waals surface area contributed by atoms with Gasteiger partial charge in [0, 0.05) is 18.0 Å². The fraction of sp³-hybridized carbons (Fsp3) is 0.591. The van der Waals surface area contributed by atoms with Crippen LogP contribution in [-0.2, 0) is 14.8 Å². The van der Waals surface area contributed by atoms with Crippen molar-refractivity contribution in [2.75, 3.05) is 6.54 Å². The highest BCUT2D eigenvalue weighted by Crippen LogP contribution is 2.49. The van der Waals surface area contributed by atoms with Gasteiger partial charge in [0.1, 0.15) is 0 Å². The summed E-state index contributed by atoms with van der Waals surface area (Å²) in [6, 6.07) is 4.84. The Morgan fingerprint density at radius 3 is 2.59 bits per heavy atom. The van der Waals surface area contributed by atoms with E-state index >= 15 is 0 Å². The van der Waals surface area contributed by atoms with Gasteiger partial charge in [-0.05, 0) is 92.9 Å². The fourth-order valence-electron chi connectivity index (χ4n) is 5.05. The Morgan fingerprint density at radius 2 is 1.93 bits per heavy atom. The normalized spacial score (nSPS) is 26.8. The van der Waals surface area contributed by atoms with Crippen molar-refractivity contribution in [2.24, 2.45) is 23.7 Å². The first kappa shape index (κ1) is 22.3. The van der Waals surface area contributed by atoms with E-state index in [1.807, 2.05) is 0 Å². The molecule has 3 aliphatic carbocycles. The summed E-state index contributed by atoms with van der Waals surface area (Å²) in [6.45, 7) is 2.20. The second-order valence-electron chi connectivity index (χ2n) is 8.39. The molecule has 0 amide bonds. The Hall–Kier alpha value is -1.37. The molecule has 0 aromatic heterocycles. The Balaban J connectivity index is 1.66. The van der Waals surface area contributed by atoms with Gasteiger partial charge >= 0.3 is 5.97 Å². The van der Waals surface area contributed by atoms with Crippen LogP contribution in [0.3, 0.4) is 0 Å². The molecular weight excluding hydrogens is 410 g/mol. The first-order chi connectivity index (χ1) is 13.8. The molecule has 2 N–H and O–H groups in total. The number of aliphatic carboxylic acids is 1. The number of sulfonamides is 1. The minimum absolute atomic E-state index is 0.185. The smallest absolute Gasteiger partial charge is 0.303 e. The molecule has 1 aromatic carbocycles. The lowest BCUT2D eigenvalue weighted by Crippen LogP contribution is -2.45. The van der Waals surface area contributed by atoms with Crippen LogP contribution in [0, 0.1) is 30.6 Å². The van der Waals surface area contributed by atoms with Crippen LogP contribution in [0.15, 0.2) is 35.2 Å². The number of carbonyl (C=O) groups is 1. The molecule has 0 unspecified atom stereocenters. The van der Waals surface area contributed by atoms with Gasteiger partial charge in [-0.3, -0.25) is 4.79 Å². The highest BCUT2D eigenvalue weighted by atomic mass is 35.5. The summed E-state index contributed by atoms with van der Waals surface area (Å²) in [5.41, 5.74) is 0.644. The van der Waals surface area contributed by atoms with Crippen molar-refractivity contribution in [1.82, 2.24) is 4.72 Å². The minimum Gasteiger partial charge on any atom is -0.481 e. The van der Waals surface area contributed by atoms with E-state index in [0.29, 0.717) is 47.2 Å². The van der Waals surface area contributed by atoms with Crippen LogP contribution in [0.2, 0.25) is 5.02 Å². The molecule has 3 fully saturated rings. The first-order valence-electron chi connectivity index (χ1n) is 10.4. The summed E-state index contributed by atoms with van der Waals surface area (Å²) in [5, 5.41) is 9.29. The van der Waals surface area contributed by atoms with Crippen molar-refractivity contribution in [2.45, 2.75) is 56.8 Å². The molecule has 0 aliphatic heterocycles. The summed E-state index contributed by atoms with van der Waals surface area (Å²) in [4.78, 5) is 10.9. The zero-order valence-electron chi connectivity index (χ0n) is 16.8. The number of nitrogens with one attached hydrogen (secondary N) is 1. The van der Waals surface area contributed by atoms with Crippen LogP contribution in [0.5, 0.6) is 0 Å². The van der Waals surface area contributed by atoms with Gasteiger partial charge in [0.15, 0.2) is 0 Å². The fourth-order valence-corrected chi connectivity index (χ4v) is 6.57. The van der Waals surface area contributed by atoms with Gasteiger partial charge in [0.2, 0.25) is 10.0 Å². The number of hydrogen-bond acceptors (Lipinski definition) is 3.